The highest BCUT2D eigenvalue weighted by Crippen LogP contribution is 2.29. The van der Waals surface area contributed by atoms with Crippen LogP contribution in [0.1, 0.15) is 16.7 Å². The van der Waals surface area contributed by atoms with E-state index in [4.69, 9.17) is 18.9 Å². The number of nitrogens with zero attached hydrogens (tertiary/aromatic N) is 3. The van der Waals surface area contributed by atoms with Crippen LogP contribution in [0, 0.1) is 0 Å². The van der Waals surface area contributed by atoms with Crippen LogP contribution >= 0.6 is 0 Å². The first kappa shape index (κ1) is 24.9. The topological polar surface area (TPSA) is 106 Å². The van der Waals surface area contributed by atoms with Crippen LogP contribution < -0.4 is 0 Å². The SMILES string of the molecule is [N-]=[N+]=NC1O[C@H](COCc2ccccc2)[C@H](O)[C@H](OCc2ccccc2)[C@H]1OCc1ccccc1. The molecule has 8 heteroatoms. The second-order valence-electron chi connectivity index (χ2n) is 8.28. The first-order valence-electron chi connectivity index (χ1n) is 11.5. The normalized spacial score (nSPS) is 24.0. The summed E-state index contributed by atoms with van der Waals surface area (Å²) in [4.78, 5) is 2.95. The summed E-state index contributed by atoms with van der Waals surface area (Å²) in [6, 6.07) is 29.0. The van der Waals surface area contributed by atoms with Crippen molar-refractivity contribution in [2.24, 2.45) is 5.11 Å². The molecule has 1 aliphatic heterocycles. The highest BCUT2D eigenvalue weighted by molar-refractivity contribution is 5.15. The third-order valence-electron chi connectivity index (χ3n) is 5.77. The molecule has 8 nitrogen and oxygen atoms in total. The molecule has 182 valence electrons. The summed E-state index contributed by atoms with van der Waals surface area (Å²) in [7, 11) is 0. The Morgan fingerprint density at radius 2 is 1.23 bits per heavy atom. The van der Waals surface area contributed by atoms with Crippen molar-refractivity contribution < 1.29 is 24.1 Å². The Morgan fingerprint density at radius 1 is 0.743 bits per heavy atom. The molecule has 0 aliphatic carbocycles. The van der Waals surface area contributed by atoms with Crippen molar-refractivity contribution >= 4 is 0 Å². The van der Waals surface area contributed by atoms with Crippen molar-refractivity contribution in [2.45, 2.75) is 50.5 Å². The van der Waals surface area contributed by atoms with E-state index < -0.39 is 30.6 Å². The Morgan fingerprint density at radius 3 is 1.74 bits per heavy atom. The summed E-state index contributed by atoms with van der Waals surface area (Å²) >= 11 is 0. The zero-order valence-corrected chi connectivity index (χ0v) is 19.3. The molecule has 1 heterocycles. The molecular weight excluding hydrogens is 446 g/mol. The Bertz CT molecular complexity index is 1060. The molecule has 0 bridgehead atoms. The van der Waals surface area contributed by atoms with E-state index in [2.05, 4.69) is 10.0 Å². The minimum absolute atomic E-state index is 0.101. The fraction of sp³-hybridized carbons (Fsp3) is 0.333. The lowest BCUT2D eigenvalue weighted by atomic mass is 9.97. The molecule has 0 saturated carbocycles. The van der Waals surface area contributed by atoms with Crippen LogP contribution in [-0.4, -0.2) is 42.4 Å². The van der Waals surface area contributed by atoms with Gasteiger partial charge < -0.3 is 24.1 Å². The molecule has 1 fully saturated rings. The third-order valence-corrected chi connectivity index (χ3v) is 5.77. The first-order valence-corrected chi connectivity index (χ1v) is 11.5. The standard InChI is InChI=1S/C27H29N3O5/c28-30-29-27-26(34-18-22-14-8-3-9-15-22)25(33-17-21-12-6-2-7-13-21)24(31)23(35-27)19-32-16-20-10-4-1-5-11-20/h1-15,23-27,31H,16-19H2/t23-,24+,25+,26-,27?/m1/s1. The lowest BCUT2D eigenvalue weighted by Crippen LogP contribution is -2.59. The molecule has 4 rings (SSSR count). The van der Waals surface area contributed by atoms with Gasteiger partial charge in [0.2, 0.25) is 0 Å². The minimum atomic E-state index is -1.06. The van der Waals surface area contributed by atoms with Gasteiger partial charge in [-0.25, -0.2) is 0 Å². The van der Waals surface area contributed by atoms with Crippen molar-refractivity contribution in [1.29, 1.82) is 0 Å². The second kappa shape index (κ2) is 13.0. The predicted octanol–water partition coefficient (Wildman–Crippen LogP) is 4.77. The molecule has 3 aromatic carbocycles. The van der Waals surface area contributed by atoms with E-state index in [1.807, 2.05) is 91.0 Å². The second-order valence-corrected chi connectivity index (χ2v) is 8.28. The van der Waals surface area contributed by atoms with Gasteiger partial charge in [0.15, 0.2) is 6.23 Å². The first-order chi connectivity index (χ1) is 17.2. The number of aliphatic hydroxyl groups is 1. The third kappa shape index (κ3) is 7.13. The smallest absolute Gasteiger partial charge is 0.165 e. The maximum Gasteiger partial charge on any atom is 0.165 e. The van der Waals surface area contributed by atoms with Gasteiger partial charge in [0.1, 0.15) is 24.4 Å². The van der Waals surface area contributed by atoms with Gasteiger partial charge in [-0.2, -0.15) is 0 Å². The fourth-order valence-corrected chi connectivity index (χ4v) is 3.96. The number of azide groups is 1. The van der Waals surface area contributed by atoms with Crippen LogP contribution in [0.5, 0.6) is 0 Å². The molecule has 5 atom stereocenters. The Balaban J connectivity index is 1.48. The van der Waals surface area contributed by atoms with Gasteiger partial charge in [0.05, 0.1) is 26.4 Å². The van der Waals surface area contributed by atoms with Crippen LogP contribution in [0.4, 0.5) is 0 Å². The molecule has 3 aromatic rings. The summed E-state index contributed by atoms with van der Waals surface area (Å²) in [5, 5.41) is 15.0. The van der Waals surface area contributed by atoms with E-state index in [0.717, 1.165) is 16.7 Å². The van der Waals surface area contributed by atoms with E-state index >= 15 is 0 Å². The summed E-state index contributed by atoms with van der Waals surface area (Å²) < 4.78 is 24.0. The van der Waals surface area contributed by atoms with Crippen molar-refractivity contribution in [1.82, 2.24) is 0 Å². The van der Waals surface area contributed by atoms with Crippen molar-refractivity contribution in [3.63, 3.8) is 0 Å². The molecule has 1 saturated heterocycles. The van der Waals surface area contributed by atoms with E-state index in [1.165, 1.54) is 0 Å². The number of hydrogen-bond donors (Lipinski definition) is 1. The van der Waals surface area contributed by atoms with Crippen LogP contribution in [-0.2, 0) is 38.8 Å². The molecule has 0 radical (unpaired) electrons. The average molecular weight is 476 g/mol. The highest BCUT2D eigenvalue weighted by atomic mass is 16.6. The van der Waals surface area contributed by atoms with Crippen molar-refractivity contribution in [2.75, 3.05) is 6.61 Å². The molecular formula is C27H29N3O5. The molecule has 1 unspecified atom stereocenters. The monoisotopic (exact) mass is 475 g/mol. The fourth-order valence-electron chi connectivity index (χ4n) is 3.96. The molecule has 35 heavy (non-hydrogen) atoms. The number of rotatable bonds is 11. The van der Waals surface area contributed by atoms with E-state index in [9.17, 15) is 10.6 Å². The van der Waals surface area contributed by atoms with Gasteiger partial charge >= 0.3 is 0 Å². The zero-order chi connectivity index (χ0) is 24.3. The van der Waals surface area contributed by atoms with Gasteiger partial charge in [-0.1, -0.05) is 96.1 Å². The molecule has 1 aliphatic rings. The van der Waals surface area contributed by atoms with Crippen molar-refractivity contribution in [3.8, 4) is 0 Å². The van der Waals surface area contributed by atoms with Crippen LogP contribution in [0.3, 0.4) is 0 Å². The summed E-state index contributed by atoms with van der Waals surface area (Å²) in [5.41, 5.74) is 12.1. The summed E-state index contributed by atoms with van der Waals surface area (Å²) in [6.45, 7) is 0.973. The zero-order valence-electron chi connectivity index (χ0n) is 19.3. The summed E-state index contributed by atoms with van der Waals surface area (Å²) in [6.07, 6.45) is -4.41. The van der Waals surface area contributed by atoms with E-state index in [1.54, 1.807) is 0 Å². The molecule has 0 spiro atoms. The van der Waals surface area contributed by atoms with Gasteiger partial charge in [0.25, 0.3) is 0 Å². The van der Waals surface area contributed by atoms with Gasteiger partial charge in [-0.3, -0.25) is 0 Å². The number of hydrogen-bond acceptors (Lipinski definition) is 6. The molecule has 0 aromatic heterocycles. The lowest BCUT2D eigenvalue weighted by Gasteiger charge is -2.43. The van der Waals surface area contributed by atoms with Crippen LogP contribution in [0.2, 0.25) is 0 Å². The predicted molar refractivity (Wildman–Crippen MR) is 130 cm³/mol. The number of aliphatic hydroxyl groups excluding tert-OH is 1. The molecule has 1 N–H and O–H groups in total. The van der Waals surface area contributed by atoms with Gasteiger partial charge in [0, 0.05) is 4.91 Å². The summed E-state index contributed by atoms with van der Waals surface area (Å²) in [5.74, 6) is 0. The van der Waals surface area contributed by atoms with E-state index in [-0.39, 0.29) is 19.8 Å². The van der Waals surface area contributed by atoms with E-state index in [0.29, 0.717) is 6.61 Å². The maximum absolute atomic E-state index is 11.2. The maximum atomic E-state index is 11.2. The van der Waals surface area contributed by atoms with Gasteiger partial charge in [-0.15, -0.1) is 0 Å². The van der Waals surface area contributed by atoms with Crippen LogP contribution in [0.15, 0.2) is 96.1 Å². The Kier molecular flexibility index (Phi) is 9.25. The number of ether oxygens (including phenoxy) is 4. The highest BCUT2D eigenvalue weighted by Gasteiger charge is 2.46. The average Bonchev–Trinajstić information content (AvgIpc) is 2.90. The van der Waals surface area contributed by atoms with Crippen LogP contribution in [0.25, 0.3) is 10.4 Å². The quantitative estimate of drug-likeness (QED) is 0.244. The molecule has 0 amide bonds. The van der Waals surface area contributed by atoms with Crippen molar-refractivity contribution in [3.05, 3.63) is 118 Å². The minimum Gasteiger partial charge on any atom is -0.387 e. The lowest BCUT2D eigenvalue weighted by molar-refractivity contribution is -0.259. The van der Waals surface area contributed by atoms with Gasteiger partial charge in [-0.05, 0) is 22.2 Å². The number of benzene rings is 3. The largest absolute Gasteiger partial charge is 0.387 e. The Hall–Kier alpha value is -3.23. The Labute approximate surface area is 204 Å².